The Balaban J connectivity index is 1.88. The van der Waals surface area contributed by atoms with E-state index in [0.29, 0.717) is 23.8 Å². The van der Waals surface area contributed by atoms with Gasteiger partial charge in [0.2, 0.25) is 0 Å². The molecule has 0 atom stereocenters. The summed E-state index contributed by atoms with van der Waals surface area (Å²) in [5, 5.41) is 4.01. The number of hydrogen-bond donors (Lipinski definition) is 0. The maximum atomic E-state index is 12.0. The van der Waals surface area contributed by atoms with Crippen LogP contribution in [-0.4, -0.2) is 35.4 Å². The van der Waals surface area contributed by atoms with Crippen molar-refractivity contribution in [3.05, 3.63) is 35.2 Å². The average molecular weight is 306 g/mol. The molecule has 0 saturated heterocycles. The molecule has 0 aliphatic rings. The first-order valence-electron chi connectivity index (χ1n) is 6.95. The van der Waals surface area contributed by atoms with E-state index in [1.54, 1.807) is 0 Å². The molecule has 112 valence electrons. The number of esters is 1. The molecular weight excluding hydrogens is 288 g/mol. The third-order valence-electron chi connectivity index (χ3n) is 2.82. The molecule has 0 fully saturated rings. The summed E-state index contributed by atoms with van der Waals surface area (Å²) >= 11 is 1.05. The molecule has 0 saturated carbocycles. The summed E-state index contributed by atoms with van der Waals surface area (Å²) in [5.41, 5.74) is 1.43. The minimum atomic E-state index is -0.400. The number of benzene rings is 1. The van der Waals surface area contributed by atoms with E-state index in [4.69, 9.17) is 9.47 Å². The van der Waals surface area contributed by atoms with Crippen LogP contribution >= 0.6 is 11.5 Å². The van der Waals surface area contributed by atoms with Crippen molar-refractivity contribution >= 4 is 17.5 Å². The molecule has 0 unspecified atom stereocenters. The van der Waals surface area contributed by atoms with Crippen LogP contribution in [0.25, 0.3) is 11.3 Å². The lowest BCUT2D eigenvalue weighted by Crippen LogP contribution is -2.11. The summed E-state index contributed by atoms with van der Waals surface area (Å²) in [5.74, 6) is -0.400. The zero-order chi connectivity index (χ0) is 14.9. The van der Waals surface area contributed by atoms with E-state index in [9.17, 15) is 4.79 Å². The number of unbranched alkanes of at least 4 members (excludes halogenated alkanes) is 1. The average Bonchev–Trinajstić information content (AvgIpc) is 3.01. The quantitative estimate of drug-likeness (QED) is 0.554. The number of hydrogen-bond acceptors (Lipinski definition) is 6. The summed E-state index contributed by atoms with van der Waals surface area (Å²) in [7, 11) is 0. The van der Waals surface area contributed by atoms with Crippen molar-refractivity contribution in [1.82, 2.24) is 9.59 Å². The van der Waals surface area contributed by atoms with Crippen LogP contribution < -0.4 is 0 Å². The molecule has 1 heterocycles. The minimum Gasteiger partial charge on any atom is -0.459 e. The standard InChI is InChI=1S/C15H18N2O3S/c1-2-3-9-19-10-11-20-15(18)14-13(16-17-21-14)12-7-5-4-6-8-12/h4-8H,2-3,9-11H2,1H3. The van der Waals surface area contributed by atoms with Gasteiger partial charge in [0.05, 0.1) is 6.61 Å². The van der Waals surface area contributed by atoms with Crippen molar-refractivity contribution in [3.63, 3.8) is 0 Å². The third-order valence-corrected chi connectivity index (χ3v) is 3.53. The Bertz CT molecular complexity index is 557. The van der Waals surface area contributed by atoms with Gasteiger partial charge in [0.1, 0.15) is 12.3 Å². The lowest BCUT2D eigenvalue weighted by atomic mass is 10.1. The maximum absolute atomic E-state index is 12.0. The summed E-state index contributed by atoms with van der Waals surface area (Å²) in [6, 6.07) is 9.48. The molecule has 0 amide bonds. The van der Waals surface area contributed by atoms with E-state index in [2.05, 4.69) is 16.5 Å². The number of rotatable bonds is 8. The van der Waals surface area contributed by atoms with Crippen LogP contribution in [0.15, 0.2) is 30.3 Å². The zero-order valence-corrected chi connectivity index (χ0v) is 12.8. The molecule has 0 spiro atoms. The predicted octanol–water partition coefficient (Wildman–Crippen LogP) is 3.18. The largest absolute Gasteiger partial charge is 0.459 e. The second-order valence-electron chi connectivity index (χ2n) is 4.42. The fraction of sp³-hybridized carbons (Fsp3) is 0.400. The van der Waals surface area contributed by atoms with Crippen molar-refractivity contribution in [2.45, 2.75) is 19.8 Å². The van der Waals surface area contributed by atoms with Crippen LogP contribution in [-0.2, 0) is 9.47 Å². The van der Waals surface area contributed by atoms with Crippen LogP contribution in [0.5, 0.6) is 0 Å². The maximum Gasteiger partial charge on any atom is 0.352 e. The molecule has 1 aromatic heterocycles. The monoisotopic (exact) mass is 306 g/mol. The van der Waals surface area contributed by atoms with Crippen LogP contribution in [0.4, 0.5) is 0 Å². The van der Waals surface area contributed by atoms with Crippen LogP contribution in [0, 0.1) is 0 Å². The molecule has 2 aromatic rings. The van der Waals surface area contributed by atoms with Crippen molar-refractivity contribution < 1.29 is 14.3 Å². The summed E-state index contributed by atoms with van der Waals surface area (Å²) in [6.45, 7) is 3.46. The molecule has 2 rings (SSSR count). The lowest BCUT2D eigenvalue weighted by Gasteiger charge is -2.05. The molecule has 0 bridgehead atoms. The molecule has 21 heavy (non-hydrogen) atoms. The van der Waals surface area contributed by atoms with Crippen molar-refractivity contribution in [3.8, 4) is 11.3 Å². The highest BCUT2D eigenvalue weighted by atomic mass is 32.1. The molecule has 6 heteroatoms. The van der Waals surface area contributed by atoms with Gasteiger partial charge in [-0.05, 0) is 18.0 Å². The lowest BCUT2D eigenvalue weighted by molar-refractivity contribution is 0.0319. The Labute approximate surface area is 128 Å². The Morgan fingerprint density at radius 2 is 2.00 bits per heavy atom. The van der Waals surface area contributed by atoms with Gasteiger partial charge in [0.15, 0.2) is 4.88 Å². The van der Waals surface area contributed by atoms with E-state index >= 15 is 0 Å². The summed E-state index contributed by atoms with van der Waals surface area (Å²) in [4.78, 5) is 12.5. The topological polar surface area (TPSA) is 61.3 Å². The first kappa shape index (κ1) is 15.6. The van der Waals surface area contributed by atoms with Gasteiger partial charge in [0.25, 0.3) is 0 Å². The Hall–Kier alpha value is -1.79. The molecule has 0 aliphatic carbocycles. The zero-order valence-electron chi connectivity index (χ0n) is 11.9. The van der Waals surface area contributed by atoms with Gasteiger partial charge < -0.3 is 9.47 Å². The Morgan fingerprint density at radius 3 is 2.76 bits per heavy atom. The molecule has 5 nitrogen and oxygen atoms in total. The highest BCUT2D eigenvalue weighted by Crippen LogP contribution is 2.24. The van der Waals surface area contributed by atoms with Gasteiger partial charge in [-0.2, -0.15) is 0 Å². The number of aromatic nitrogens is 2. The van der Waals surface area contributed by atoms with Crippen LogP contribution in [0.3, 0.4) is 0 Å². The second kappa shape index (κ2) is 8.49. The van der Waals surface area contributed by atoms with Crippen LogP contribution in [0.1, 0.15) is 29.4 Å². The number of ether oxygens (including phenoxy) is 2. The van der Waals surface area contributed by atoms with E-state index in [-0.39, 0.29) is 6.61 Å². The molecule has 0 radical (unpaired) electrons. The fourth-order valence-electron chi connectivity index (χ4n) is 1.72. The van der Waals surface area contributed by atoms with E-state index in [1.165, 1.54) is 0 Å². The smallest absolute Gasteiger partial charge is 0.352 e. The minimum absolute atomic E-state index is 0.245. The third kappa shape index (κ3) is 4.61. The number of carbonyl (C=O) groups is 1. The normalized spacial score (nSPS) is 10.5. The first-order valence-corrected chi connectivity index (χ1v) is 7.73. The SMILES string of the molecule is CCCCOCCOC(=O)c1snnc1-c1ccccc1. The van der Waals surface area contributed by atoms with Crippen molar-refractivity contribution in [2.24, 2.45) is 0 Å². The van der Waals surface area contributed by atoms with Gasteiger partial charge in [-0.25, -0.2) is 4.79 Å². The number of nitrogens with zero attached hydrogens (tertiary/aromatic N) is 2. The molecular formula is C15H18N2O3S. The van der Waals surface area contributed by atoms with E-state index in [1.807, 2.05) is 30.3 Å². The molecule has 0 aliphatic heterocycles. The predicted molar refractivity (Wildman–Crippen MR) is 81.4 cm³/mol. The fourth-order valence-corrected chi connectivity index (χ4v) is 2.30. The summed E-state index contributed by atoms with van der Waals surface area (Å²) < 4.78 is 14.4. The highest BCUT2D eigenvalue weighted by molar-refractivity contribution is 7.08. The van der Waals surface area contributed by atoms with E-state index < -0.39 is 5.97 Å². The van der Waals surface area contributed by atoms with Crippen molar-refractivity contribution in [1.29, 1.82) is 0 Å². The van der Waals surface area contributed by atoms with Gasteiger partial charge in [-0.3, -0.25) is 0 Å². The molecule has 0 N–H and O–H groups in total. The van der Waals surface area contributed by atoms with Crippen LogP contribution in [0.2, 0.25) is 0 Å². The highest BCUT2D eigenvalue weighted by Gasteiger charge is 2.18. The number of carbonyl (C=O) groups excluding carboxylic acids is 1. The molecule has 1 aromatic carbocycles. The Morgan fingerprint density at radius 1 is 1.19 bits per heavy atom. The Kier molecular flexibility index (Phi) is 6.30. The van der Waals surface area contributed by atoms with E-state index in [0.717, 1.165) is 29.9 Å². The summed E-state index contributed by atoms with van der Waals surface area (Å²) in [6.07, 6.45) is 2.11. The van der Waals surface area contributed by atoms with Crippen molar-refractivity contribution in [2.75, 3.05) is 19.8 Å². The van der Waals surface area contributed by atoms with Gasteiger partial charge in [0, 0.05) is 12.2 Å². The van der Waals surface area contributed by atoms with Gasteiger partial charge >= 0.3 is 5.97 Å². The first-order chi connectivity index (χ1) is 10.3. The van der Waals surface area contributed by atoms with Gasteiger partial charge in [-0.1, -0.05) is 48.2 Å². The van der Waals surface area contributed by atoms with Gasteiger partial charge in [-0.15, -0.1) is 5.10 Å². The second-order valence-corrected chi connectivity index (χ2v) is 5.17.